The van der Waals surface area contributed by atoms with E-state index in [1.807, 2.05) is 0 Å². The lowest BCUT2D eigenvalue weighted by Gasteiger charge is -2.23. The second-order valence-electron chi connectivity index (χ2n) is 7.18. The molecule has 0 aliphatic carbocycles. The predicted octanol–water partition coefficient (Wildman–Crippen LogP) is 2.93. The minimum Gasteiger partial charge on any atom is -0.334 e. The fraction of sp³-hybridized carbons (Fsp3) is 0.190. The molecule has 2 aromatic carbocycles. The van der Waals surface area contributed by atoms with Crippen LogP contribution in [0.25, 0.3) is 5.69 Å². The molecular formula is C21H18ClFN6O3S. The van der Waals surface area contributed by atoms with Crippen molar-refractivity contribution >= 4 is 46.9 Å². The van der Waals surface area contributed by atoms with E-state index in [4.69, 9.17) is 11.6 Å². The number of halogens is 2. The summed E-state index contributed by atoms with van der Waals surface area (Å²) in [6.45, 7) is 0. The van der Waals surface area contributed by atoms with E-state index < -0.39 is 17.9 Å². The van der Waals surface area contributed by atoms with E-state index in [0.29, 0.717) is 27.4 Å². The van der Waals surface area contributed by atoms with Crippen LogP contribution in [-0.2, 0) is 16.0 Å². The average Bonchev–Trinajstić information content (AvgIpc) is 3.16. The first-order chi connectivity index (χ1) is 15.9. The van der Waals surface area contributed by atoms with Crippen LogP contribution in [-0.4, -0.2) is 44.4 Å². The number of imide groups is 1. The Balaban J connectivity index is 1.52. The number of urea groups is 1. The van der Waals surface area contributed by atoms with E-state index in [9.17, 15) is 18.8 Å². The van der Waals surface area contributed by atoms with Crippen LogP contribution in [0.1, 0.15) is 12.2 Å². The quantitative estimate of drug-likeness (QED) is 0.440. The molecule has 3 N–H and O–H groups in total. The van der Waals surface area contributed by atoms with Gasteiger partial charge in [-0.15, -0.1) is 10.2 Å². The summed E-state index contributed by atoms with van der Waals surface area (Å²) in [5.41, 5.74) is 1.20. The maximum Gasteiger partial charge on any atom is 0.321 e. The van der Waals surface area contributed by atoms with E-state index in [-0.39, 0.29) is 30.4 Å². The number of hydrogen-bond acceptors (Lipinski definition) is 6. The number of thioether (sulfide) groups is 1. The van der Waals surface area contributed by atoms with Gasteiger partial charge in [-0.05, 0) is 48.5 Å². The van der Waals surface area contributed by atoms with Gasteiger partial charge in [-0.25, -0.2) is 9.18 Å². The van der Waals surface area contributed by atoms with Gasteiger partial charge in [0, 0.05) is 35.3 Å². The molecule has 1 saturated heterocycles. The van der Waals surface area contributed by atoms with Gasteiger partial charge in [0.25, 0.3) is 0 Å². The summed E-state index contributed by atoms with van der Waals surface area (Å²) >= 11 is 7.01. The van der Waals surface area contributed by atoms with Gasteiger partial charge in [0.1, 0.15) is 11.6 Å². The molecule has 2 heterocycles. The second kappa shape index (κ2) is 10.0. The number of carbonyl (C=O) groups excluding carboxylic acids is 3. The minimum absolute atomic E-state index is 0.0462. The number of anilines is 1. The lowest BCUT2D eigenvalue weighted by atomic mass is 10.1. The molecule has 12 heteroatoms. The van der Waals surface area contributed by atoms with Gasteiger partial charge in [0.2, 0.25) is 11.8 Å². The second-order valence-corrected chi connectivity index (χ2v) is 8.56. The number of amides is 4. The molecule has 1 atom stereocenters. The smallest absolute Gasteiger partial charge is 0.321 e. The van der Waals surface area contributed by atoms with Crippen molar-refractivity contribution in [1.82, 2.24) is 25.4 Å². The zero-order chi connectivity index (χ0) is 23.4. The molecule has 1 aliphatic rings. The lowest BCUT2D eigenvalue weighted by molar-refractivity contribution is -0.121. The Bertz CT molecular complexity index is 1170. The Labute approximate surface area is 197 Å². The van der Waals surface area contributed by atoms with E-state index >= 15 is 0 Å². The number of aromatic nitrogens is 3. The maximum absolute atomic E-state index is 13.5. The third-order valence-electron chi connectivity index (χ3n) is 4.69. The Kier molecular flexibility index (Phi) is 6.90. The maximum atomic E-state index is 13.5. The first-order valence-corrected chi connectivity index (χ1v) is 11.2. The van der Waals surface area contributed by atoms with Crippen molar-refractivity contribution in [2.75, 3.05) is 11.1 Å². The van der Waals surface area contributed by atoms with Crippen molar-refractivity contribution in [1.29, 1.82) is 0 Å². The fourth-order valence-electron chi connectivity index (χ4n) is 3.25. The molecule has 4 amide bonds. The zero-order valence-electron chi connectivity index (χ0n) is 17.0. The standard InChI is InChI=1S/C21H18ClFN6O3S/c22-12-1-5-14(6-2-12)24-19(31)11-33-21-28-27-17(9-15-10-18(30)26-20(32)25-15)29(21)16-7-3-13(23)4-8-16/h1-8,15H,9-11H2,(H,24,31)(H2,25,26,30,32). The average molecular weight is 489 g/mol. The predicted molar refractivity (Wildman–Crippen MR) is 121 cm³/mol. The van der Waals surface area contributed by atoms with E-state index in [0.717, 1.165) is 11.8 Å². The molecule has 0 saturated carbocycles. The highest BCUT2D eigenvalue weighted by Gasteiger charge is 2.27. The van der Waals surface area contributed by atoms with E-state index in [1.165, 1.54) is 12.1 Å². The van der Waals surface area contributed by atoms with E-state index in [1.54, 1.807) is 41.0 Å². The highest BCUT2D eigenvalue weighted by molar-refractivity contribution is 7.99. The monoisotopic (exact) mass is 488 g/mol. The number of rotatable bonds is 7. The summed E-state index contributed by atoms with van der Waals surface area (Å²) in [5.74, 6) is -0.535. The molecule has 1 fully saturated rings. The molecule has 0 spiro atoms. The van der Waals surface area contributed by atoms with Crippen LogP contribution in [0.2, 0.25) is 5.02 Å². The number of nitrogens with one attached hydrogen (secondary N) is 3. The van der Waals surface area contributed by atoms with Crippen LogP contribution in [0, 0.1) is 5.82 Å². The number of carbonyl (C=O) groups is 3. The lowest BCUT2D eigenvalue weighted by Crippen LogP contribution is -2.53. The molecular weight excluding hydrogens is 471 g/mol. The first kappa shape index (κ1) is 22.7. The van der Waals surface area contributed by atoms with Gasteiger partial charge >= 0.3 is 6.03 Å². The van der Waals surface area contributed by atoms with Gasteiger partial charge in [0.05, 0.1) is 5.75 Å². The van der Waals surface area contributed by atoms with Crippen molar-refractivity contribution in [2.45, 2.75) is 24.0 Å². The zero-order valence-corrected chi connectivity index (χ0v) is 18.6. The molecule has 1 aliphatic heterocycles. The van der Waals surface area contributed by atoms with Crippen LogP contribution < -0.4 is 16.0 Å². The van der Waals surface area contributed by atoms with Gasteiger partial charge < -0.3 is 10.6 Å². The highest BCUT2D eigenvalue weighted by atomic mass is 35.5. The van der Waals surface area contributed by atoms with Crippen LogP contribution >= 0.6 is 23.4 Å². The summed E-state index contributed by atoms with van der Waals surface area (Å²) in [4.78, 5) is 35.7. The Morgan fingerprint density at radius 3 is 2.58 bits per heavy atom. The molecule has 33 heavy (non-hydrogen) atoms. The van der Waals surface area contributed by atoms with E-state index in [2.05, 4.69) is 26.1 Å². The Hall–Kier alpha value is -3.44. The van der Waals surface area contributed by atoms with Gasteiger partial charge in [0.15, 0.2) is 5.16 Å². The van der Waals surface area contributed by atoms with Crippen LogP contribution in [0.3, 0.4) is 0 Å². The summed E-state index contributed by atoms with van der Waals surface area (Å²) in [6, 6.07) is 11.4. The topological polar surface area (TPSA) is 118 Å². The third kappa shape index (κ3) is 5.88. The number of benzene rings is 2. The molecule has 3 aromatic rings. The van der Waals surface area contributed by atoms with Crippen LogP contribution in [0.15, 0.2) is 53.7 Å². The van der Waals surface area contributed by atoms with Gasteiger partial charge in [-0.3, -0.25) is 19.5 Å². The number of hydrogen-bond donors (Lipinski definition) is 3. The van der Waals surface area contributed by atoms with Gasteiger partial charge in [-0.1, -0.05) is 23.4 Å². The summed E-state index contributed by atoms with van der Waals surface area (Å²) in [7, 11) is 0. The first-order valence-electron chi connectivity index (χ1n) is 9.86. The highest BCUT2D eigenvalue weighted by Crippen LogP contribution is 2.24. The Morgan fingerprint density at radius 2 is 1.88 bits per heavy atom. The summed E-state index contributed by atoms with van der Waals surface area (Å²) in [6.07, 6.45) is 0.315. The molecule has 9 nitrogen and oxygen atoms in total. The molecule has 1 aromatic heterocycles. The van der Waals surface area contributed by atoms with Crippen molar-refractivity contribution in [3.63, 3.8) is 0 Å². The largest absolute Gasteiger partial charge is 0.334 e. The summed E-state index contributed by atoms with van der Waals surface area (Å²) in [5, 5.41) is 17.0. The van der Waals surface area contributed by atoms with Crippen molar-refractivity contribution in [3.05, 3.63) is 65.2 Å². The van der Waals surface area contributed by atoms with Crippen molar-refractivity contribution in [3.8, 4) is 5.69 Å². The number of nitrogens with zero attached hydrogens (tertiary/aromatic N) is 3. The van der Waals surface area contributed by atoms with Crippen LogP contribution in [0.4, 0.5) is 14.9 Å². The molecule has 0 bridgehead atoms. The molecule has 4 rings (SSSR count). The van der Waals surface area contributed by atoms with Crippen molar-refractivity contribution < 1.29 is 18.8 Å². The van der Waals surface area contributed by atoms with Gasteiger partial charge in [-0.2, -0.15) is 0 Å². The SMILES string of the molecule is O=C1CC(Cc2nnc(SCC(=O)Nc3ccc(Cl)cc3)n2-c2ccc(F)cc2)NC(=O)N1. The van der Waals surface area contributed by atoms with Crippen molar-refractivity contribution in [2.24, 2.45) is 0 Å². The normalized spacial score (nSPS) is 15.6. The third-order valence-corrected chi connectivity index (χ3v) is 5.88. The summed E-state index contributed by atoms with van der Waals surface area (Å²) < 4.78 is 15.2. The molecule has 170 valence electrons. The molecule has 1 unspecified atom stereocenters. The molecule has 0 radical (unpaired) electrons. The fourth-order valence-corrected chi connectivity index (χ4v) is 4.15. The van der Waals surface area contributed by atoms with Crippen LogP contribution in [0.5, 0.6) is 0 Å². The Morgan fingerprint density at radius 1 is 1.15 bits per heavy atom. The minimum atomic E-state index is -0.572.